The van der Waals surface area contributed by atoms with E-state index in [9.17, 15) is 14.4 Å². The van der Waals surface area contributed by atoms with E-state index in [-0.39, 0.29) is 23.9 Å². The van der Waals surface area contributed by atoms with Crippen LogP contribution in [-0.2, 0) is 17.3 Å². The summed E-state index contributed by atoms with van der Waals surface area (Å²) in [6.07, 6.45) is 2.01. The molecule has 134 valence electrons. The summed E-state index contributed by atoms with van der Waals surface area (Å²) in [5, 5.41) is 3.60. The minimum Gasteiger partial charge on any atom is -0.337 e. The minimum atomic E-state index is -0.820. The lowest BCUT2D eigenvalue weighted by atomic mass is 9.81. The zero-order valence-corrected chi connectivity index (χ0v) is 15.4. The van der Waals surface area contributed by atoms with Crippen molar-refractivity contribution in [3.8, 4) is 0 Å². The molecule has 1 spiro atoms. The van der Waals surface area contributed by atoms with Crippen molar-refractivity contribution in [1.82, 2.24) is 9.47 Å². The van der Waals surface area contributed by atoms with Crippen LogP contribution in [0.25, 0.3) is 0 Å². The number of nitrogens with zero attached hydrogens (tertiary/aromatic N) is 2. The molecule has 2 aliphatic rings. The Kier molecular flexibility index (Phi) is 3.86. The van der Waals surface area contributed by atoms with E-state index in [1.807, 2.05) is 0 Å². The zero-order valence-electron chi connectivity index (χ0n) is 13.9. The molecule has 1 atom stereocenters. The number of rotatable bonds is 1. The van der Waals surface area contributed by atoms with Gasteiger partial charge in [-0.05, 0) is 30.2 Å². The Balaban J connectivity index is 1.67. The molecule has 0 radical (unpaired) electrons. The molecule has 4 rings (SSSR count). The molecule has 1 saturated heterocycles. The van der Waals surface area contributed by atoms with Crippen LogP contribution in [0.15, 0.2) is 35.3 Å². The maximum Gasteiger partial charge on any atom is 0.255 e. The van der Waals surface area contributed by atoms with Crippen molar-refractivity contribution in [2.24, 2.45) is 7.05 Å². The second-order valence-corrected chi connectivity index (χ2v) is 7.51. The Bertz CT molecular complexity index is 1020. The number of aromatic nitrogens is 1. The first-order chi connectivity index (χ1) is 12.3. The third-order valence-corrected chi connectivity index (χ3v) is 5.87. The number of nitrogens with one attached hydrogen (secondary N) is 1. The second-order valence-electron chi connectivity index (χ2n) is 6.69. The highest BCUT2D eigenvalue weighted by atomic mass is 35.5. The van der Waals surface area contributed by atoms with Crippen LogP contribution in [0, 0.1) is 0 Å². The molecule has 1 aromatic heterocycles. The van der Waals surface area contributed by atoms with E-state index in [0.717, 1.165) is 5.56 Å². The Hall–Kier alpha value is -2.31. The van der Waals surface area contributed by atoms with Gasteiger partial charge >= 0.3 is 0 Å². The summed E-state index contributed by atoms with van der Waals surface area (Å²) in [6.45, 7) is 0.695. The fourth-order valence-corrected chi connectivity index (χ4v) is 4.03. The summed E-state index contributed by atoms with van der Waals surface area (Å²) < 4.78 is 1.36. The highest BCUT2D eigenvalue weighted by Crippen LogP contribution is 2.46. The topological polar surface area (TPSA) is 71.4 Å². The van der Waals surface area contributed by atoms with Crippen LogP contribution in [0.2, 0.25) is 10.0 Å². The summed E-state index contributed by atoms with van der Waals surface area (Å²) in [6, 6.07) is 6.22. The quantitative estimate of drug-likeness (QED) is 0.811. The Labute approximate surface area is 159 Å². The highest BCUT2D eigenvalue weighted by molar-refractivity contribution is 6.42. The normalized spacial score (nSPS) is 21.2. The Morgan fingerprint density at radius 2 is 1.92 bits per heavy atom. The molecule has 0 bridgehead atoms. The summed E-state index contributed by atoms with van der Waals surface area (Å²) in [4.78, 5) is 38.7. The van der Waals surface area contributed by atoms with Crippen molar-refractivity contribution >= 4 is 40.7 Å². The predicted octanol–water partition coefficient (Wildman–Crippen LogP) is 2.43. The van der Waals surface area contributed by atoms with Crippen LogP contribution < -0.4 is 10.9 Å². The maximum absolute atomic E-state index is 12.8. The number of hydrogen-bond acceptors (Lipinski definition) is 3. The third-order valence-electron chi connectivity index (χ3n) is 5.15. The minimum absolute atomic E-state index is 0.151. The van der Waals surface area contributed by atoms with Crippen molar-refractivity contribution in [2.75, 3.05) is 18.4 Å². The summed E-state index contributed by atoms with van der Waals surface area (Å²) >= 11 is 12.2. The van der Waals surface area contributed by atoms with Crippen molar-refractivity contribution in [2.45, 2.75) is 11.8 Å². The predicted molar refractivity (Wildman–Crippen MR) is 99.0 cm³/mol. The number of benzene rings is 1. The smallest absolute Gasteiger partial charge is 0.255 e. The number of anilines is 1. The van der Waals surface area contributed by atoms with E-state index in [1.54, 1.807) is 24.1 Å². The fraction of sp³-hybridized carbons (Fsp3) is 0.278. The molecule has 0 aliphatic carbocycles. The van der Waals surface area contributed by atoms with Crippen LogP contribution in [0.1, 0.15) is 22.3 Å². The van der Waals surface area contributed by atoms with Crippen molar-refractivity contribution in [1.29, 1.82) is 0 Å². The van der Waals surface area contributed by atoms with Gasteiger partial charge in [-0.1, -0.05) is 23.2 Å². The first-order valence-electron chi connectivity index (χ1n) is 8.09. The molecule has 1 aromatic carbocycles. The number of fused-ring (bicyclic) bond motifs is 2. The van der Waals surface area contributed by atoms with Gasteiger partial charge in [-0.3, -0.25) is 14.4 Å². The first-order valence-corrected chi connectivity index (χ1v) is 8.84. The van der Waals surface area contributed by atoms with E-state index in [1.165, 1.54) is 22.9 Å². The number of hydrogen-bond donors (Lipinski definition) is 1. The molecule has 0 unspecified atom stereocenters. The van der Waals surface area contributed by atoms with Gasteiger partial charge in [-0.15, -0.1) is 0 Å². The molecule has 2 aromatic rings. The average Bonchev–Trinajstić information content (AvgIpc) is 3.15. The SMILES string of the molecule is Cn1cc(C(=O)N2CC[C@]3(C2)C(=O)Nc2cc(Cl)c(Cl)cc23)ccc1=O. The average molecular weight is 392 g/mol. The summed E-state index contributed by atoms with van der Waals surface area (Å²) in [5.74, 6) is -0.361. The van der Waals surface area contributed by atoms with Gasteiger partial charge in [0.25, 0.3) is 5.91 Å². The lowest BCUT2D eigenvalue weighted by Crippen LogP contribution is -2.39. The van der Waals surface area contributed by atoms with Gasteiger partial charge in [0.15, 0.2) is 0 Å². The molecular weight excluding hydrogens is 377 g/mol. The van der Waals surface area contributed by atoms with Gasteiger partial charge in [-0.25, -0.2) is 0 Å². The van der Waals surface area contributed by atoms with E-state index in [2.05, 4.69) is 5.32 Å². The lowest BCUT2D eigenvalue weighted by molar-refractivity contribution is -0.120. The monoisotopic (exact) mass is 391 g/mol. The third kappa shape index (κ3) is 2.44. The molecule has 26 heavy (non-hydrogen) atoms. The van der Waals surface area contributed by atoms with Crippen molar-refractivity contribution in [3.63, 3.8) is 0 Å². The molecule has 2 amide bonds. The number of carbonyl (C=O) groups is 2. The highest BCUT2D eigenvalue weighted by Gasteiger charge is 2.52. The fourth-order valence-electron chi connectivity index (χ4n) is 3.70. The van der Waals surface area contributed by atoms with Gasteiger partial charge in [-0.2, -0.15) is 0 Å². The Morgan fingerprint density at radius 1 is 1.19 bits per heavy atom. The van der Waals surface area contributed by atoms with E-state index >= 15 is 0 Å². The second kappa shape index (κ2) is 5.86. The zero-order chi connectivity index (χ0) is 18.6. The van der Waals surface area contributed by atoms with Crippen molar-refractivity contribution < 1.29 is 9.59 Å². The largest absolute Gasteiger partial charge is 0.337 e. The summed E-state index contributed by atoms with van der Waals surface area (Å²) in [7, 11) is 1.59. The van der Waals surface area contributed by atoms with Gasteiger partial charge in [0.1, 0.15) is 0 Å². The molecule has 1 fully saturated rings. The molecular formula is C18H15Cl2N3O3. The summed E-state index contributed by atoms with van der Waals surface area (Å²) in [5.41, 5.74) is 0.820. The number of likely N-dealkylation sites (tertiary alicyclic amines) is 1. The van der Waals surface area contributed by atoms with Crippen LogP contribution in [0.5, 0.6) is 0 Å². The molecule has 1 N–H and O–H groups in total. The molecule has 8 heteroatoms. The van der Waals surface area contributed by atoms with E-state index in [0.29, 0.717) is 34.3 Å². The van der Waals surface area contributed by atoms with Gasteiger partial charge < -0.3 is 14.8 Å². The lowest BCUT2D eigenvalue weighted by Gasteiger charge is -2.23. The van der Waals surface area contributed by atoms with Crippen LogP contribution in [0.3, 0.4) is 0 Å². The molecule has 2 aliphatic heterocycles. The number of carbonyl (C=O) groups excluding carboxylic acids is 2. The number of halogens is 2. The Morgan fingerprint density at radius 3 is 2.65 bits per heavy atom. The van der Waals surface area contributed by atoms with Crippen LogP contribution in [-0.4, -0.2) is 34.4 Å². The molecule has 6 nitrogen and oxygen atoms in total. The van der Waals surface area contributed by atoms with Crippen LogP contribution >= 0.6 is 23.2 Å². The maximum atomic E-state index is 12.8. The number of pyridine rings is 1. The standard InChI is InChI=1S/C18H15Cl2N3O3/c1-22-8-10(2-3-15(22)24)16(25)23-5-4-18(9-23)11-6-12(19)13(20)7-14(11)21-17(18)26/h2-3,6-8H,4-5,9H2,1H3,(H,21,26)/t18-/m1/s1. The van der Waals surface area contributed by atoms with Crippen LogP contribution in [0.4, 0.5) is 5.69 Å². The van der Waals surface area contributed by atoms with E-state index < -0.39 is 5.41 Å². The number of amides is 2. The van der Waals surface area contributed by atoms with Gasteiger partial charge in [0.2, 0.25) is 11.5 Å². The van der Waals surface area contributed by atoms with Gasteiger partial charge in [0.05, 0.1) is 21.0 Å². The number of aryl methyl sites for hydroxylation is 1. The molecule has 3 heterocycles. The van der Waals surface area contributed by atoms with Crippen molar-refractivity contribution in [3.05, 3.63) is 62.0 Å². The van der Waals surface area contributed by atoms with E-state index in [4.69, 9.17) is 23.2 Å². The van der Waals surface area contributed by atoms with Gasteiger partial charge in [0, 0.05) is 38.1 Å². The first kappa shape index (κ1) is 17.1. The molecule has 0 saturated carbocycles.